The minimum Gasteiger partial charge on any atom is -0.508 e. The number of likely N-dealkylation sites (N-methyl/N-ethyl adjacent to an activating group) is 1. The van der Waals surface area contributed by atoms with Gasteiger partial charge in [0.2, 0.25) is 0 Å². The van der Waals surface area contributed by atoms with E-state index in [1.54, 1.807) is 12.1 Å². The van der Waals surface area contributed by atoms with Crippen LogP contribution in [0.5, 0.6) is 5.75 Å². The number of rotatable bonds is 4. The summed E-state index contributed by atoms with van der Waals surface area (Å²) in [6, 6.07) is 18.8. The normalized spacial score (nSPS) is 20.1. The fraction of sp³-hybridized carbons (Fsp3) is 0.368. The van der Waals surface area contributed by atoms with E-state index in [2.05, 4.69) is 47.2 Å². The largest absolute Gasteiger partial charge is 0.508 e. The summed E-state index contributed by atoms with van der Waals surface area (Å²) in [5.74, 6) is 0.339. The van der Waals surface area contributed by atoms with Crippen molar-refractivity contribution in [2.24, 2.45) is 0 Å². The van der Waals surface area contributed by atoms with E-state index in [9.17, 15) is 5.11 Å². The number of aromatic hydroxyl groups is 1. The van der Waals surface area contributed by atoms with Gasteiger partial charge in [0.25, 0.3) is 0 Å². The van der Waals surface area contributed by atoms with E-state index in [-0.39, 0.29) is 0 Å². The average molecular weight is 296 g/mol. The molecule has 116 valence electrons. The van der Waals surface area contributed by atoms with Crippen LogP contribution >= 0.6 is 0 Å². The zero-order valence-electron chi connectivity index (χ0n) is 13.2. The first kappa shape index (κ1) is 15.1. The van der Waals surface area contributed by atoms with Crippen LogP contribution in [0.4, 0.5) is 0 Å². The van der Waals surface area contributed by atoms with E-state index in [0.29, 0.717) is 11.8 Å². The van der Waals surface area contributed by atoms with Crippen LogP contribution in [0, 0.1) is 0 Å². The highest BCUT2D eigenvalue weighted by atomic mass is 16.3. The Hall–Kier alpha value is -1.84. The second-order valence-corrected chi connectivity index (χ2v) is 6.23. The van der Waals surface area contributed by atoms with Crippen molar-refractivity contribution in [3.05, 3.63) is 65.7 Å². The molecule has 1 heterocycles. The number of hydrogen-bond donors (Lipinski definition) is 1. The predicted octanol–water partition coefficient (Wildman–Crippen LogP) is 2.75. The van der Waals surface area contributed by atoms with Crippen molar-refractivity contribution in [1.29, 1.82) is 0 Å². The van der Waals surface area contributed by atoms with E-state index >= 15 is 0 Å². The smallest absolute Gasteiger partial charge is 0.115 e. The number of nitrogens with zero attached hydrogens (tertiary/aromatic N) is 2. The SMILES string of the molecule is CN1CCN(Cc2ccccc2)C[C@H]1Cc1ccc(O)cc1. The highest BCUT2D eigenvalue weighted by Gasteiger charge is 2.24. The van der Waals surface area contributed by atoms with E-state index < -0.39 is 0 Å². The van der Waals surface area contributed by atoms with Crippen LogP contribution in [-0.4, -0.2) is 47.6 Å². The minimum absolute atomic E-state index is 0.339. The van der Waals surface area contributed by atoms with Gasteiger partial charge in [-0.3, -0.25) is 4.90 Å². The molecule has 1 aliphatic rings. The number of benzene rings is 2. The van der Waals surface area contributed by atoms with Gasteiger partial charge in [-0.25, -0.2) is 0 Å². The topological polar surface area (TPSA) is 26.7 Å². The molecular weight excluding hydrogens is 272 g/mol. The highest BCUT2D eigenvalue weighted by molar-refractivity contribution is 5.26. The van der Waals surface area contributed by atoms with Crippen molar-refractivity contribution in [2.45, 2.75) is 19.0 Å². The zero-order chi connectivity index (χ0) is 15.4. The molecule has 0 aliphatic carbocycles. The van der Waals surface area contributed by atoms with Crippen LogP contribution in [0.15, 0.2) is 54.6 Å². The molecule has 2 aromatic rings. The predicted molar refractivity (Wildman–Crippen MR) is 89.9 cm³/mol. The Balaban J connectivity index is 1.62. The molecule has 1 N–H and O–H groups in total. The maximum absolute atomic E-state index is 9.40. The fourth-order valence-electron chi connectivity index (χ4n) is 3.12. The molecule has 1 atom stereocenters. The third-order valence-corrected chi connectivity index (χ3v) is 4.52. The molecule has 0 radical (unpaired) electrons. The maximum Gasteiger partial charge on any atom is 0.115 e. The molecule has 1 aliphatic heterocycles. The molecule has 0 bridgehead atoms. The number of piperazine rings is 1. The summed E-state index contributed by atoms with van der Waals surface area (Å²) < 4.78 is 0. The summed E-state index contributed by atoms with van der Waals surface area (Å²) in [6.07, 6.45) is 1.03. The average Bonchev–Trinajstić information content (AvgIpc) is 2.54. The summed E-state index contributed by atoms with van der Waals surface area (Å²) >= 11 is 0. The first-order valence-electron chi connectivity index (χ1n) is 7.95. The Morgan fingerprint density at radius 1 is 0.955 bits per heavy atom. The lowest BCUT2D eigenvalue weighted by Gasteiger charge is -2.39. The molecule has 22 heavy (non-hydrogen) atoms. The monoisotopic (exact) mass is 296 g/mol. The van der Waals surface area contributed by atoms with Crippen molar-refractivity contribution in [3.63, 3.8) is 0 Å². The summed E-state index contributed by atoms with van der Waals surface area (Å²) in [5.41, 5.74) is 2.67. The Bertz CT molecular complexity index is 582. The highest BCUT2D eigenvalue weighted by Crippen LogP contribution is 2.17. The molecule has 3 nitrogen and oxygen atoms in total. The van der Waals surface area contributed by atoms with Gasteiger partial charge in [-0.1, -0.05) is 42.5 Å². The molecule has 0 spiro atoms. The molecule has 2 aromatic carbocycles. The molecule has 3 rings (SSSR count). The second-order valence-electron chi connectivity index (χ2n) is 6.23. The van der Waals surface area contributed by atoms with E-state index in [4.69, 9.17) is 0 Å². The Labute approximate surface area is 132 Å². The van der Waals surface area contributed by atoms with Gasteiger partial charge < -0.3 is 10.0 Å². The second kappa shape index (κ2) is 6.95. The summed E-state index contributed by atoms with van der Waals surface area (Å²) in [5, 5.41) is 9.40. The molecular formula is C19H24N2O. The van der Waals surface area contributed by atoms with Crippen LogP contribution in [0.25, 0.3) is 0 Å². The Kier molecular flexibility index (Phi) is 4.76. The summed E-state index contributed by atoms with van der Waals surface area (Å²) in [7, 11) is 2.21. The third-order valence-electron chi connectivity index (χ3n) is 4.52. The van der Waals surface area contributed by atoms with Gasteiger partial charge in [0.15, 0.2) is 0 Å². The van der Waals surface area contributed by atoms with Crippen molar-refractivity contribution < 1.29 is 5.11 Å². The first-order chi connectivity index (χ1) is 10.7. The lowest BCUT2D eigenvalue weighted by Crippen LogP contribution is -2.51. The van der Waals surface area contributed by atoms with Gasteiger partial charge in [-0.05, 0) is 36.7 Å². The van der Waals surface area contributed by atoms with Gasteiger partial charge in [0.05, 0.1) is 0 Å². The van der Waals surface area contributed by atoms with Crippen LogP contribution in [0.1, 0.15) is 11.1 Å². The molecule has 0 saturated carbocycles. The van der Waals surface area contributed by atoms with Crippen molar-refractivity contribution >= 4 is 0 Å². The van der Waals surface area contributed by atoms with Gasteiger partial charge in [-0.2, -0.15) is 0 Å². The van der Waals surface area contributed by atoms with Gasteiger partial charge in [0, 0.05) is 32.2 Å². The lowest BCUT2D eigenvalue weighted by atomic mass is 10.0. The molecule has 3 heteroatoms. The van der Waals surface area contributed by atoms with Gasteiger partial charge in [-0.15, -0.1) is 0 Å². The molecule has 0 unspecified atom stereocenters. The van der Waals surface area contributed by atoms with Crippen molar-refractivity contribution in [3.8, 4) is 5.75 Å². The first-order valence-corrected chi connectivity index (χ1v) is 7.95. The van der Waals surface area contributed by atoms with Crippen LogP contribution in [0.3, 0.4) is 0 Å². The molecule has 0 aromatic heterocycles. The number of phenols is 1. The van der Waals surface area contributed by atoms with E-state index in [1.807, 2.05) is 12.1 Å². The molecule has 1 fully saturated rings. The minimum atomic E-state index is 0.339. The Morgan fingerprint density at radius 3 is 2.41 bits per heavy atom. The third kappa shape index (κ3) is 3.87. The summed E-state index contributed by atoms with van der Waals surface area (Å²) in [6.45, 7) is 4.35. The maximum atomic E-state index is 9.40. The summed E-state index contributed by atoms with van der Waals surface area (Å²) in [4.78, 5) is 4.99. The van der Waals surface area contributed by atoms with Crippen molar-refractivity contribution in [1.82, 2.24) is 9.80 Å². The lowest BCUT2D eigenvalue weighted by molar-refractivity contribution is 0.0905. The standard InChI is InChI=1S/C19H24N2O/c1-20-11-12-21(14-17-5-3-2-4-6-17)15-18(20)13-16-7-9-19(22)10-8-16/h2-10,18,22H,11-15H2,1H3/t18-/m1/s1. The van der Waals surface area contributed by atoms with E-state index in [0.717, 1.165) is 32.6 Å². The quantitative estimate of drug-likeness (QED) is 0.940. The zero-order valence-corrected chi connectivity index (χ0v) is 13.2. The van der Waals surface area contributed by atoms with E-state index in [1.165, 1.54) is 11.1 Å². The number of phenolic OH excluding ortho intramolecular Hbond substituents is 1. The van der Waals surface area contributed by atoms with Crippen molar-refractivity contribution in [2.75, 3.05) is 26.7 Å². The van der Waals surface area contributed by atoms with Gasteiger partial charge >= 0.3 is 0 Å². The van der Waals surface area contributed by atoms with Crippen LogP contribution in [-0.2, 0) is 13.0 Å². The molecule has 1 saturated heterocycles. The van der Waals surface area contributed by atoms with Crippen LogP contribution < -0.4 is 0 Å². The number of hydrogen-bond acceptors (Lipinski definition) is 3. The van der Waals surface area contributed by atoms with Crippen LogP contribution in [0.2, 0.25) is 0 Å². The Morgan fingerprint density at radius 2 is 1.68 bits per heavy atom. The molecule has 0 amide bonds. The van der Waals surface area contributed by atoms with Gasteiger partial charge in [0.1, 0.15) is 5.75 Å². The fourth-order valence-corrected chi connectivity index (χ4v) is 3.12.